The number of aromatic nitrogens is 3. The van der Waals surface area contributed by atoms with Gasteiger partial charge in [0.25, 0.3) is 5.56 Å². The van der Waals surface area contributed by atoms with E-state index in [9.17, 15) is 4.79 Å². The highest BCUT2D eigenvalue weighted by molar-refractivity contribution is 6.76. The van der Waals surface area contributed by atoms with Crippen molar-refractivity contribution in [2.45, 2.75) is 32.4 Å². The van der Waals surface area contributed by atoms with Crippen molar-refractivity contribution < 1.29 is 4.74 Å². The Labute approximate surface area is 170 Å². The zero-order valence-corrected chi connectivity index (χ0v) is 18.0. The molecule has 0 aliphatic carbocycles. The Morgan fingerprint density at radius 3 is 2.79 bits per heavy atom. The van der Waals surface area contributed by atoms with Crippen LogP contribution in [-0.4, -0.2) is 29.2 Å². The van der Waals surface area contributed by atoms with Gasteiger partial charge in [-0.15, -0.1) is 0 Å². The van der Waals surface area contributed by atoms with Crippen molar-refractivity contribution in [1.29, 1.82) is 0 Å². The van der Waals surface area contributed by atoms with Crippen LogP contribution in [0.5, 0.6) is 0 Å². The van der Waals surface area contributed by atoms with E-state index in [0.717, 1.165) is 29.2 Å². The van der Waals surface area contributed by atoms with Crippen molar-refractivity contribution in [3.8, 4) is 0 Å². The number of rotatable bonds is 7. The Balaban J connectivity index is 1.54. The predicted octanol–water partition coefficient (Wildman–Crippen LogP) is 4.93. The van der Waals surface area contributed by atoms with E-state index in [2.05, 4.69) is 51.6 Å². The minimum absolute atomic E-state index is 0.154. The van der Waals surface area contributed by atoms with Crippen LogP contribution in [0.15, 0.2) is 59.5 Å². The lowest BCUT2D eigenvalue weighted by atomic mass is 10.2. The van der Waals surface area contributed by atoms with Gasteiger partial charge in [-0.25, -0.2) is 4.98 Å². The summed E-state index contributed by atoms with van der Waals surface area (Å²) in [6.45, 7) is 8.37. The van der Waals surface area contributed by atoms with Gasteiger partial charge in [-0.1, -0.05) is 37.8 Å². The van der Waals surface area contributed by atoms with Gasteiger partial charge in [-0.05, 0) is 41.8 Å². The quantitative estimate of drug-likeness (QED) is 0.337. The largest absolute Gasteiger partial charge is 0.361 e. The molecule has 0 bridgehead atoms. The van der Waals surface area contributed by atoms with Crippen molar-refractivity contribution in [2.24, 2.45) is 0 Å². The molecular weight excluding hydrogens is 380 g/mol. The number of anilines is 2. The van der Waals surface area contributed by atoms with E-state index in [-0.39, 0.29) is 5.56 Å². The van der Waals surface area contributed by atoms with Crippen LogP contribution in [0, 0.1) is 0 Å². The van der Waals surface area contributed by atoms with E-state index in [0.29, 0.717) is 23.6 Å². The Bertz CT molecular complexity index is 1210. The molecule has 4 rings (SSSR count). The van der Waals surface area contributed by atoms with Crippen LogP contribution in [0.4, 0.5) is 11.6 Å². The number of H-pyrrole nitrogens is 1. The Morgan fingerprint density at radius 1 is 1.14 bits per heavy atom. The summed E-state index contributed by atoms with van der Waals surface area (Å²) < 4.78 is 8.00. The van der Waals surface area contributed by atoms with E-state index in [1.165, 1.54) is 0 Å². The second-order valence-corrected chi connectivity index (χ2v) is 14.1. The normalized spacial score (nSPS) is 12.0. The van der Waals surface area contributed by atoms with E-state index in [1.807, 2.05) is 36.5 Å². The molecule has 0 fully saturated rings. The van der Waals surface area contributed by atoms with Crippen LogP contribution in [0.3, 0.4) is 0 Å². The standard InChI is InChI=1S/C22H26N4O2Si/c1-29(2,3)13-12-28-15-26-11-10-16-8-9-17(14-20(16)26)23-22-24-19-7-5-4-6-18(19)21(27)25-22/h4-11,14H,12-13,15H2,1-3H3,(H2,23,24,25,27). The second kappa shape index (κ2) is 7.85. The summed E-state index contributed by atoms with van der Waals surface area (Å²) in [5.41, 5.74) is 2.45. The van der Waals surface area contributed by atoms with Crippen LogP contribution >= 0.6 is 0 Å². The third-order valence-electron chi connectivity index (χ3n) is 4.88. The summed E-state index contributed by atoms with van der Waals surface area (Å²) in [5, 5.41) is 4.94. The summed E-state index contributed by atoms with van der Waals surface area (Å²) in [6.07, 6.45) is 2.04. The fourth-order valence-electron chi connectivity index (χ4n) is 3.20. The van der Waals surface area contributed by atoms with Crippen LogP contribution in [0.1, 0.15) is 0 Å². The fraction of sp³-hybridized carbons (Fsp3) is 0.273. The molecule has 0 saturated heterocycles. The first-order chi connectivity index (χ1) is 13.9. The number of nitrogens with one attached hydrogen (secondary N) is 2. The van der Waals surface area contributed by atoms with Gasteiger partial charge < -0.3 is 14.6 Å². The SMILES string of the molecule is C[Si](C)(C)CCOCn1ccc2ccc(Nc3nc4ccccc4c(=O)[nH]3)cc21. The maximum absolute atomic E-state index is 12.3. The van der Waals surface area contributed by atoms with E-state index < -0.39 is 8.07 Å². The van der Waals surface area contributed by atoms with Crippen LogP contribution in [0.2, 0.25) is 25.7 Å². The highest BCUT2D eigenvalue weighted by Crippen LogP contribution is 2.23. The fourth-order valence-corrected chi connectivity index (χ4v) is 3.95. The van der Waals surface area contributed by atoms with Gasteiger partial charge in [-0.3, -0.25) is 9.78 Å². The molecule has 2 aromatic carbocycles. The molecule has 0 atom stereocenters. The molecule has 4 aromatic rings. The van der Waals surface area contributed by atoms with Crippen molar-refractivity contribution in [1.82, 2.24) is 14.5 Å². The zero-order chi connectivity index (χ0) is 20.4. The minimum atomic E-state index is -1.09. The zero-order valence-electron chi connectivity index (χ0n) is 17.0. The molecule has 7 heteroatoms. The lowest BCUT2D eigenvalue weighted by molar-refractivity contribution is 0.0902. The van der Waals surface area contributed by atoms with Crippen molar-refractivity contribution in [2.75, 3.05) is 11.9 Å². The summed E-state index contributed by atoms with van der Waals surface area (Å²) in [5.74, 6) is 0.428. The molecule has 2 aromatic heterocycles. The summed E-state index contributed by atoms with van der Waals surface area (Å²) in [4.78, 5) is 19.6. The maximum Gasteiger partial charge on any atom is 0.260 e. The molecule has 150 valence electrons. The van der Waals surface area contributed by atoms with Gasteiger partial charge in [0.1, 0.15) is 6.73 Å². The van der Waals surface area contributed by atoms with Crippen LogP contribution in [0.25, 0.3) is 21.8 Å². The first kappa shape index (κ1) is 19.4. The molecule has 0 aliphatic heterocycles. The molecule has 2 heterocycles. The molecular formula is C22H26N4O2Si. The Kier molecular flexibility index (Phi) is 5.25. The van der Waals surface area contributed by atoms with Gasteiger partial charge in [0.2, 0.25) is 5.95 Å². The van der Waals surface area contributed by atoms with Gasteiger partial charge in [0, 0.05) is 26.6 Å². The Morgan fingerprint density at radius 2 is 1.97 bits per heavy atom. The number of nitrogens with zero attached hydrogens (tertiary/aromatic N) is 2. The van der Waals surface area contributed by atoms with Crippen molar-refractivity contribution in [3.05, 3.63) is 65.1 Å². The number of hydrogen-bond donors (Lipinski definition) is 2. The third kappa shape index (κ3) is 4.57. The number of fused-ring (bicyclic) bond motifs is 2. The monoisotopic (exact) mass is 406 g/mol. The number of hydrogen-bond acceptors (Lipinski definition) is 4. The summed E-state index contributed by atoms with van der Waals surface area (Å²) >= 11 is 0. The lowest BCUT2D eigenvalue weighted by Crippen LogP contribution is -2.21. The number of ether oxygens (including phenoxy) is 1. The molecule has 6 nitrogen and oxygen atoms in total. The molecule has 0 spiro atoms. The topological polar surface area (TPSA) is 71.9 Å². The van der Waals surface area contributed by atoms with Crippen LogP contribution in [-0.2, 0) is 11.5 Å². The molecule has 0 unspecified atom stereocenters. The first-order valence-corrected chi connectivity index (χ1v) is 13.5. The number of benzene rings is 2. The highest BCUT2D eigenvalue weighted by Gasteiger charge is 2.12. The Hall–Kier alpha value is -2.90. The summed E-state index contributed by atoms with van der Waals surface area (Å²) in [7, 11) is -1.09. The second-order valence-electron chi connectivity index (χ2n) is 8.46. The molecule has 2 N–H and O–H groups in total. The minimum Gasteiger partial charge on any atom is -0.361 e. The van der Waals surface area contributed by atoms with E-state index in [4.69, 9.17) is 4.74 Å². The van der Waals surface area contributed by atoms with Gasteiger partial charge in [-0.2, -0.15) is 0 Å². The highest BCUT2D eigenvalue weighted by atomic mass is 28.3. The van der Waals surface area contributed by atoms with Gasteiger partial charge in [0.15, 0.2) is 0 Å². The molecule has 0 amide bonds. The van der Waals surface area contributed by atoms with E-state index >= 15 is 0 Å². The smallest absolute Gasteiger partial charge is 0.260 e. The third-order valence-corrected chi connectivity index (χ3v) is 6.58. The first-order valence-electron chi connectivity index (χ1n) is 9.82. The average molecular weight is 407 g/mol. The molecule has 29 heavy (non-hydrogen) atoms. The van der Waals surface area contributed by atoms with Crippen LogP contribution < -0.4 is 10.9 Å². The summed E-state index contributed by atoms with van der Waals surface area (Å²) in [6, 6.07) is 16.6. The number of aromatic amines is 1. The predicted molar refractivity (Wildman–Crippen MR) is 122 cm³/mol. The van der Waals surface area contributed by atoms with Gasteiger partial charge >= 0.3 is 0 Å². The number of para-hydroxylation sites is 1. The molecule has 0 aliphatic rings. The lowest BCUT2D eigenvalue weighted by Gasteiger charge is -2.16. The average Bonchev–Trinajstić information content (AvgIpc) is 3.07. The van der Waals surface area contributed by atoms with Gasteiger partial charge in [0.05, 0.1) is 16.4 Å². The van der Waals surface area contributed by atoms with Crippen molar-refractivity contribution >= 4 is 41.5 Å². The van der Waals surface area contributed by atoms with E-state index in [1.54, 1.807) is 6.07 Å². The molecule has 0 saturated carbocycles. The maximum atomic E-state index is 12.3. The van der Waals surface area contributed by atoms with Crippen molar-refractivity contribution in [3.63, 3.8) is 0 Å². The molecule has 0 radical (unpaired) electrons.